The van der Waals surface area contributed by atoms with Crippen molar-refractivity contribution in [2.75, 3.05) is 32.7 Å². The van der Waals surface area contributed by atoms with Crippen molar-refractivity contribution in [1.82, 2.24) is 39.0 Å². The minimum absolute atomic E-state index is 0.152. The third-order valence-corrected chi connectivity index (χ3v) is 9.64. The first-order chi connectivity index (χ1) is 30.1. The highest BCUT2D eigenvalue weighted by Gasteiger charge is 2.14. The maximum Gasteiger partial charge on any atom is 0.255 e. The lowest BCUT2D eigenvalue weighted by molar-refractivity contribution is -0.117. The molecule has 0 spiro atoms. The fourth-order valence-electron chi connectivity index (χ4n) is 6.45. The van der Waals surface area contributed by atoms with Crippen LogP contribution in [0.25, 0.3) is 34.5 Å². The van der Waals surface area contributed by atoms with E-state index in [0.29, 0.717) is 69.3 Å². The molecule has 62 heavy (non-hydrogen) atoms. The quantitative estimate of drug-likeness (QED) is 0.0705. The van der Waals surface area contributed by atoms with Gasteiger partial charge in [-0.05, 0) is 71.8 Å². The van der Waals surface area contributed by atoms with Crippen LogP contribution < -0.4 is 32.7 Å². The number of nitrogens with one attached hydrogen (secondary N) is 4. The molecule has 8 rings (SSSR count). The van der Waals surface area contributed by atoms with Crippen LogP contribution in [0.4, 0.5) is 34.4 Å². The molecule has 0 fully saturated rings. The van der Waals surface area contributed by atoms with Crippen molar-refractivity contribution in [2.45, 2.75) is 25.9 Å². The van der Waals surface area contributed by atoms with E-state index in [0.717, 1.165) is 11.1 Å². The number of benzene rings is 4. The molecule has 4 aromatic heterocycles. The Morgan fingerprint density at radius 2 is 0.919 bits per heavy atom. The summed E-state index contributed by atoms with van der Waals surface area (Å²) in [5.74, 6) is -0.583. The second-order valence-corrected chi connectivity index (χ2v) is 14.0. The molecule has 4 amide bonds. The van der Waals surface area contributed by atoms with Gasteiger partial charge in [0.2, 0.25) is 11.8 Å². The number of nitrogens with zero attached hydrogens (tertiary/aromatic N) is 8. The fraction of sp³-hybridized carbons (Fsp3) is 0.0909. The van der Waals surface area contributed by atoms with Gasteiger partial charge in [-0.25, -0.2) is 29.9 Å². The molecule has 8 aromatic rings. The van der Waals surface area contributed by atoms with Gasteiger partial charge in [-0.2, -0.15) is 0 Å². The number of fused-ring (bicyclic) bond motifs is 2. The molecule has 308 valence electrons. The Morgan fingerprint density at radius 1 is 0.500 bits per heavy atom. The minimum Gasteiger partial charge on any atom is -0.382 e. The van der Waals surface area contributed by atoms with Crippen molar-refractivity contribution >= 4 is 92.5 Å². The number of aromatic nitrogens is 8. The Labute approximate surface area is 353 Å². The lowest BCUT2D eigenvalue weighted by Crippen LogP contribution is -2.16. The van der Waals surface area contributed by atoms with Crippen LogP contribution in [0, 0.1) is 0 Å². The topological polar surface area (TPSA) is 256 Å². The summed E-state index contributed by atoms with van der Waals surface area (Å²) in [6, 6.07) is 28.1. The molecule has 0 aliphatic heterocycles. The summed E-state index contributed by atoms with van der Waals surface area (Å²) in [7, 11) is 0. The predicted molar refractivity (Wildman–Crippen MR) is 237 cm³/mol. The lowest BCUT2D eigenvalue weighted by atomic mass is 10.1. The molecular weight excluding hydrogens is 789 g/mol. The average molecular weight is 827 g/mol. The SMILES string of the molecule is Nc1ncnc2c1ncn2CCC(=O)Nc1cccc(C(=O)Nc2ccc(/C=C/c3ccc(NC(=O)c4cccc(NC(=O)CCn5cnc6c(N)ncnc65)c4)cc3)cc2)c1. The number of carbonyl (C=O) groups is 4. The van der Waals surface area contributed by atoms with Crippen molar-refractivity contribution < 1.29 is 19.2 Å². The Kier molecular flexibility index (Phi) is 11.6. The summed E-state index contributed by atoms with van der Waals surface area (Å²) in [6.07, 6.45) is 10.0. The number of aryl methyl sites for hydroxylation is 2. The first-order valence-electron chi connectivity index (χ1n) is 19.3. The zero-order valence-corrected chi connectivity index (χ0v) is 32.9. The summed E-state index contributed by atoms with van der Waals surface area (Å²) in [4.78, 5) is 76.3. The summed E-state index contributed by atoms with van der Waals surface area (Å²) in [5.41, 5.74) is 18.5. The molecule has 18 nitrogen and oxygen atoms in total. The number of hydrogen-bond donors (Lipinski definition) is 6. The van der Waals surface area contributed by atoms with E-state index in [9.17, 15) is 19.2 Å². The number of anilines is 6. The van der Waals surface area contributed by atoms with E-state index >= 15 is 0 Å². The van der Waals surface area contributed by atoms with Crippen molar-refractivity contribution in [1.29, 1.82) is 0 Å². The van der Waals surface area contributed by atoms with Gasteiger partial charge in [-0.15, -0.1) is 0 Å². The number of carbonyl (C=O) groups excluding carboxylic acids is 4. The number of amides is 4. The van der Waals surface area contributed by atoms with Crippen molar-refractivity contribution in [3.8, 4) is 0 Å². The highest BCUT2D eigenvalue weighted by Crippen LogP contribution is 2.20. The molecule has 0 aliphatic carbocycles. The number of nitrogen functional groups attached to an aromatic ring is 2. The first-order valence-corrected chi connectivity index (χ1v) is 19.3. The monoisotopic (exact) mass is 826 g/mol. The zero-order chi connectivity index (χ0) is 43.0. The first kappa shape index (κ1) is 40.0. The van der Waals surface area contributed by atoms with Crippen molar-refractivity contribution in [3.05, 3.63) is 145 Å². The van der Waals surface area contributed by atoms with Crippen LogP contribution in [0.15, 0.2) is 122 Å². The Balaban J connectivity index is 0.787. The standard InChI is InChI=1S/C44H38N14O4/c45-39-37-41(49-23-47-39)57(25-51-37)19-17-35(59)53-33-5-1-3-29(21-33)43(61)55-31-13-9-27(10-14-31)7-8-28-11-15-32(16-12-28)56-44(62)30-4-2-6-34(22-30)54-36(60)18-20-58-26-52-38-40(46)48-24-50-42(38)58/h1-16,21-26H,17-20H2,(H,53,59)(H,54,60)(H,55,61)(H,56,62)(H2,45,47,49)(H2,46,48,50)/b8-7+. The van der Waals surface area contributed by atoms with Crippen molar-refractivity contribution in [2.24, 2.45) is 0 Å². The number of rotatable bonds is 14. The molecular formula is C44H38N14O4. The predicted octanol–water partition coefficient (Wildman–Crippen LogP) is 5.86. The third kappa shape index (κ3) is 9.56. The second-order valence-electron chi connectivity index (χ2n) is 14.0. The van der Waals surface area contributed by atoms with Crippen LogP contribution in [-0.2, 0) is 22.7 Å². The molecule has 0 saturated heterocycles. The molecule has 18 heteroatoms. The van der Waals surface area contributed by atoms with E-state index in [1.54, 1.807) is 94.6 Å². The molecule has 0 bridgehead atoms. The summed E-state index contributed by atoms with van der Waals surface area (Å²) in [5, 5.41) is 11.5. The Bertz CT molecular complexity index is 2780. The molecule has 0 aliphatic rings. The highest BCUT2D eigenvalue weighted by atomic mass is 16.2. The lowest BCUT2D eigenvalue weighted by Gasteiger charge is -2.09. The van der Waals surface area contributed by atoms with Crippen LogP contribution in [0.3, 0.4) is 0 Å². The van der Waals surface area contributed by atoms with Gasteiger partial charge in [-0.1, -0.05) is 48.6 Å². The largest absolute Gasteiger partial charge is 0.382 e. The summed E-state index contributed by atoms with van der Waals surface area (Å²) in [6.45, 7) is 0.669. The van der Waals surface area contributed by atoms with Crippen LogP contribution in [0.2, 0.25) is 0 Å². The Hall–Kier alpha value is -8.80. The fourth-order valence-corrected chi connectivity index (χ4v) is 6.45. The van der Waals surface area contributed by atoms with Gasteiger partial charge >= 0.3 is 0 Å². The highest BCUT2D eigenvalue weighted by molar-refractivity contribution is 6.06. The van der Waals surface area contributed by atoms with Gasteiger partial charge in [0.05, 0.1) is 12.7 Å². The molecule has 4 aromatic carbocycles. The van der Waals surface area contributed by atoms with Gasteiger partial charge in [0.15, 0.2) is 22.9 Å². The van der Waals surface area contributed by atoms with E-state index in [-0.39, 0.29) is 48.1 Å². The zero-order valence-electron chi connectivity index (χ0n) is 32.9. The molecule has 0 atom stereocenters. The Morgan fingerprint density at radius 3 is 1.34 bits per heavy atom. The number of hydrogen-bond acceptors (Lipinski definition) is 12. The van der Waals surface area contributed by atoms with Gasteiger partial charge in [0.25, 0.3) is 11.8 Å². The van der Waals surface area contributed by atoms with Crippen LogP contribution in [0.5, 0.6) is 0 Å². The summed E-state index contributed by atoms with van der Waals surface area (Å²) >= 11 is 0. The number of imidazole rings is 2. The van der Waals surface area contributed by atoms with Crippen LogP contribution in [0.1, 0.15) is 44.7 Å². The maximum absolute atomic E-state index is 13.1. The molecule has 0 radical (unpaired) electrons. The summed E-state index contributed by atoms with van der Waals surface area (Å²) < 4.78 is 3.47. The molecule has 4 heterocycles. The average Bonchev–Trinajstić information content (AvgIpc) is 3.91. The third-order valence-electron chi connectivity index (χ3n) is 9.64. The molecule has 8 N–H and O–H groups in total. The van der Waals surface area contributed by atoms with Gasteiger partial charge in [-0.3, -0.25) is 19.2 Å². The van der Waals surface area contributed by atoms with Crippen LogP contribution in [-0.4, -0.2) is 62.7 Å². The van der Waals surface area contributed by atoms with E-state index in [2.05, 4.69) is 51.2 Å². The van der Waals surface area contributed by atoms with Gasteiger partial charge in [0.1, 0.15) is 23.7 Å². The smallest absolute Gasteiger partial charge is 0.255 e. The van der Waals surface area contributed by atoms with Crippen molar-refractivity contribution in [3.63, 3.8) is 0 Å². The number of nitrogens with two attached hydrogens (primary N) is 2. The van der Waals surface area contributed by atoms with E-state index in [4.69, 9.17) is 11.5 Å². The molecule has 0 unspecified atom stereocenters. The second kappa shape index (κ2) is 18.0. The van der Waals surface area contributed by atoms with E-state index in [1.165, 1.54) is 12.7 Å². The normalized spacial score (nSPS) is 11.2. The maximum atomic E-state index is 13.1. The van der Waals surface area contributed by atoms with Crippen LogP contribution >= 0.6 is 0 Å². The minimum atomic E-state index is -0.326. The van der Waals surface area contributed by atoms with Gasteiger partial charge < -0.3 is 41.9 Å². The van der Waals surface area contributed by atoms with E-state index in [1.807, 2.05) is 36.4 Å². The molecule has 0 saturated carbocycles. The van der Waals surface area contributed by atoms with Gasteiger partial charge in [0, 0.05) is 59.8 Å². The van der Waals surface area contributed by atoms with E-state index < -0.39 is 0 Å².